The first-order valence-corrected chi connectivity index (χ1v) is 7.26. The molecule has 0 heterocycles. The van der Waals surface area contributed by atoms with Crippen molar-refractivity contribution in [3.63, 3.8) is 0 Å². The van der Waals surface area contributed by atoms with Crippen molar-refractivity contribution in [1.29, 1.82) is 0 Å². The number of hydrogen-bond donors (Lipinski definition) is 1. The zero-order valence-corrected chi connectivity index (χ0v) is 10.9. The molecule has 1 unspecified atom stereocenters. The zero-order chi connectivity index (χ0) is 11.4. The predicted octanol–water partition coefficient (Wildman–Crippen LogP) is 3.95. The molecule has 2 rings (SSSR count). The molecule has 1 atom stereocenters. The summed E-state index contributed by atoms with van der Waals surface area (Å²) in [5.41, 5.74) is 6.21. The minimum Gasteiger partial charge on any atom is -0.327 e. The second-order valence-electron chi connectivity index (χ2n) is 4.48. The maximum absolute atomic E-state index is 6.21. The molecular formula is C13H18ClNS. The second kappa shape index (κ2) is 5.95. The molecule has 0 spiro atoms. The number of halogens is 1. The fraction of sp³-hybridized carbons (Fsp3) is 0.538. The summed E-state index contributed by atoms with van der Waals surface area (Å²) in [6.45, 7) is 0. The fourth-order valence-electron chi connectivity index (χ4n) is 2.27. The summed E-state index contributed by atoms with van der Waals surface area (Å²) in [5.74, 6) is 1.75. The van der Waals surface area contributed by atoms with Gasteiger partial charge in [-0.25, -0.2) is 0 Å². The number of benzene rings is 1. The molecule has 88 valence electrons. The van der Waals surface area contributed by atoms with Crippen LogP contribution in [0, 0.1) is 5.92 Å². The van der Waals surface area contributed by atoms with Crippen molar-refractivity contribution in [3.05, 3.63) is 29.3 Å². The van der Waals surface area contributed by atoms with E-state index in [1.807, 2.05) is 30.0 Å². The lowest BCUT2D eigenvalue weighted by atomic mass is 10.0. The van der Waals surface area contributed by atoms with Crippen molar-refractivity contribution < 1.29 is 0 Å². The standard InChI is InChI=1S/C13H18ClNS/c14-11-6-3-7-12(8-11)16-9-13(15)10-4-1-2-5-10/h3,6-8,10,13H,1-2,4-5,9,15H2. The molecule has 3 heteroatoms. The van der Waals surface area contributed by atoms with Crippen LogP contribution in [-0.4, -0.2) is 11.8 Å². The predicted molar refractivity (Wildman–Crippen MR) is 72.1 cm³/mol. The third kappa shape index (κ3) is 3.41. The number of nitrogens with two attached hydrogens (primary N) is 1. The molecule has 1 aliphatic carbocycles. The van der Waals surface area contributed by atoms with E-state index in [0.29, 0.717) is 6.04 Å². The lowest BCUT2D eigenvalue weighted by Gasteiger charge is -2.18. The molecule has 0 amide bonds. The Morgan fingerprint density at radius 3 is 2.81 bits per heavy atom. The van der Waals surface area contributed by atoms with E-state index in [-0.39, 0.29) is 0 Å². The average Bonchev–Trinajstić information content (AvgIpc) is 2.79. The highest BCUT2D eigenvalue weighted by atomic mass is 35.5. The molecule has 2 N–H and O–H groups in total. The smallest absolute Gasteiger partial charge is 0.0417 e. The van der Waals surface area contributed by atoms with Crippen LogP contribution in [0.5, 0.6) is 0 Å². The van der Waals surface area contributed by atoms with Gasteiger partial charge >= 0.3 is 0 Å². The highest BCUT2D eigenvalue weighted by Gasteiger charge is 2.21. The zero-order valence-electron chi connectivity index (χ0n) is 9.36. The van der Waals surface area contributed by atoms with Crippen LogP contribution in [0.1, 0.15) is 25.7 Å². The molecule has 1 aromatic rings. The van der Waals surface area contributed by atoms with Crippen LogP contribution in [-0.2, 0) is 0 Å². The first-order valence-electron chi connectivity index (χ1n) is 5.89. The quantitative estimate of drug-likeness (QED) is 0.825. The van der Waals surface area contributed by atoms with E-state index < -0.39 is 0 Å². The van der Waals surface area contributed by atoms with Crippen LogP contribution in [0.25, 0.3) is 0 Å². The van der Waals surface area contributed by atoms with E-state index in [1.165, 1.54) is 30.6 Å². The largest absolute Gasteiger partial charge is 0.327 e. The van der Waals surface area contributed by atoms with Gasteiger partial charge in [-0.05, 0) is 37.0 Å². The topological polar surface area (TPSA) is 26.0 Å². The molecule has 1 saturated carbocycles. The Morgan fingerprint density at radius 2 is 2.12 bits per heavy atom. The summed E-state index contributed by atoms with van der Waals surface area (Å²) < 4.78 is 0. The Morgan fingerprint density at radius 1 is 1.38 bits per heavy atom. The number of rotatable bonds is 4. The van der Waals surface area contributed by atoms with Gasteiger partial charge in [0.2, 0.25) is 0 Å². The van der Waals surface area contributed by atoms with Gasteiger partial charge in [-0.3, -0.25) is 0 Å². The minimum atomic E-state index is 0.339. The summed E-state index contributed by atoms with van der Waals surface area (Å²) in [6, 6.07) is 8.34. The monoisotopic (exact) mass is 255 g/mol. The molecular weight excluding hydrogens is 238 g/mol. The average molecular weight is 256 g/mol. The van der Waals surface area contributed by atoms with Crippen molar-refractivity contribution in [1.82, 2.24) is 0 Å². The molecule has 1 aromatic carbocycles. The minimum absolute atomic E-state index is 0.339. The molecule has 0 aliphatic heterocycles. The maximum atomic E-state index is 6.21. The Labute approximate surface area is 107 Å². The number of hydrogen-bond acceptors (Lipinski definition) is 2. The van der Waals surface area contributed by atoms with Crippen molar-refractivity contribution in [2.24, 2.45) is 11.7 Å². The number of thioether (sulfide) groups is 1. The third-order valence-corrected chi connectivity index (χ3v) is 4.62. The molecule has 1 aliphatic rings. The van der Waals surface area contributed by atoms with Crippen molar-refractivity contribution in [3.8, 4) is 0 Å². The Kier molecular flexibility index (Phi) is 4.56. The highest BCUT2D eigenvalue weighted by Crippen LogP contribution is 2.30. The van der Waals surface area contributed by atoms with Gasteiger partial charge in [0.15, 0.2) is 0 Å². The van der Waals surface area contributed by atoms with E-state index in [4.69, 9.17) is 17.3 Å². The van der Waals surface area contributed by atoms with Gasteiger partial charge < -0.3 is 5.73 Å². The summed E-state index contributed by atoms with van der Waals surface area (Å²) >= 11 is 7.76. The van der Waals surface area contributed by atoms with Gasteiger partial charge in [0, 0.05) is 21.7 Å². The molecule has 16 heavy (non-hydrogen) atoms. The second-order valence-corrected chi connectivity index (χ2v) is 6.01. The van der Waals surface area contributed by atoms with E-state index in [0.717, 1.165) is 16.7 Å². The molecule has 0 aromatic heterocycles. The van der Waals surface area contributed by atoms with Gasteiger partial charge in [0.1, 0.15) is 0 Å². The SMILES string of the molecule is NC(CSc1cccc(Cl)c1)C1CCCC1. The molecule has 1 nitrogen and oxygen atoms in total. The summed E-state index contributed by atoms with van der Waals surface area (Å²) in [6.07, 6.45) is 5.36. The van der Waals surface area contributed by atoms with Gasteiger partial charge in [-0.15, -0.1) is 11.8 Å². The van der Waals surface area contributed by atoms with Gasteiger partial charge in [0.05, 0.1) is 0 Å². The van der Waals surface area contributed by atoms with Gasteiger partial charge in [-0.2, -0.15) is 0 Å². The molecule has 0 radical (unpaired) electrons. The van der Waals surface area contributed by atoms with Crippen LogP contribution in [0.2, 0.25) is 5.02 Å². The van der Waals surface area contributed by atoms with Crippen molar-refractivity contribution in [2.45, 2.75) is 36.6 Å². The van der Waals surface area contributed by atoms with Crippen molar-refractivity contribution >= 4 is 23.4 Å². The summed E-state index contributed by atoms with van der Waals surface area (Å²) in [7, 11) is 0. The molecule has 1 fully saturated rings. The normalized spacial score (nSPS) is 18.9. The van der Waals surface area contributed by atoms with Gasteiger partial charge in [-0.1, -0.05) is 30.5 Å². The van der Waals surface area contributed by atoms with Crippen molar-refractivity contribution in [2.75, 3.05) is 5.75 Å². The first kappa shape index (κ1) is 12.3. The van der Waals surface area contributed by atoms with E-state index in [9.17, 15) is 0 Å². The molecule has 0 bridgehead atoms. The molecule has 0 saturated heterocycles. The van der Waals surface area contributed by atoms with Crippen LogP contribution in [0.15, 0.2) is 29.2 Å². The Hall–Kier alpha value is -0.180. The summed E-state index contributed by atoms with van der Waals surface area (Å²) in [4.78, 5) is 1.22. The van der Waals surface area contributed by atoms with E-state index in [2.05, 4.69) is 6.07 Å². The van der Waals surface area contributed by atoms with Crippen LogP contribution in [0.4, 0.5) is 0 Å². The lowest BCUT2D eigenvalue weighted by Crippen LogP contribution is -2.30. The van der Waals surface area contributed by atoms with E-state index in [1.54, 1.807) is 0 Å². The Bertz CT molecular complexity index is 336. The van der Waals surface area contributed by atoms with E-state index >= 15 is 0 Å². The highest BCUT2D eigenvalue weighted by molar-refractivity contribution is 7.99. The Balaban J connectivity index is 1.82. The van der Waals surface area contributed by atoms with Crippen LogP contribution < -0.4 is 5.73 Å². The van der Waals surface area contributed by atoms with Crippen LogP contribution in [0.3, 0.4) is 0 Å². The first-order chi connectivity index (χ1) is 7.75. The maximum Gasteiger partial charge on any atom is 0.0417 e. The lowest BCUT2D eigenvalue weighted by molar-refractivity contribution is 0.463. The van der Waals surface area contributed by atoms with Gasteiger partial charge in [0.25, 0.3) is 0 Å². The third-order valence-electron chi connectivity index (χ3n) is 3.24. The fourth-order valence-corrected chi connectivity index (χ4v) is 3.57. The summed E-state index contributed by atoms with van der Waals surface area (Å²) in [5, 5.41) is 0.805. The van der Waals surface area contributed by atoms with Crippen LogP contribution >= 0.6 is 23.4 Å².